The Bertz CT molecular complexity index is 1430. The monoisotopic (exact) mass is 500 g/mol. The summed E-state index contributed by atoms with van der Waals surface area (Å²) in [5.74, 6) is -0.441. The van der Waals surface area contributed by atoms with Gasteiger partial charge in [0.1, 0.15) is 5.56 Å². The molecule has 0 bridgehead atoms. The van der Waals surface area contributed by atoms with Gasteiger partial charge < -0.3 is 5.11 Å². The Morgan fingerprint density at radius 3 is 2.51 bits per heavy atom. The maximum Gasteiger partial charge on any atom is 0.341 e. The molecule has 1 amide bonds. The molecule has 0 saturated heterocycles. The Kier molecular flexibility index (Phi) is 6.54. The molecule has 4 aromatic rings. The van der Waals surface area contributed by atoms with Gasteiger partial charge in [-0.05, 0) is 76.1 Å². The van der Waals surface area contributed by atoms with Gasteiger partial charge in [-0.3, -0.25) is 9.69 Å². The van der Waals surface area contributed by atoms with Crippen molar-refractivity contribution < 1.29 is 14.7 Å². The fraction of sp³-hybridized carbons (Fsp3) is 0.393. The minimum atomic E-state index is -1.11. The first-order valence-electron chi connectivity index (χ1n) is 12.8. The van der Waals surface area contributed by atoms with Gasteiger partial charge in [0.25, 0.3) is 0 Å². The lowest BCUT2D eigenvalue weighted by molar-refractivity contribution is -0.124. The number of hydrogen-bond donors (Lipinski definition) is 1. The van der Waals surface area contributed by atoms with Gasteiger partial charge in [0, 0.05) is 42.2 Å². The Morgan fingerprint density at radius 2 is 1.86 bits per heavy atom. The van der Waals surface area contributed by atoms with Gasteiger partial charge in [0.2, 0.25) is 5.91 Å². The summed E-state index contributed by atoms with van der Waals surface area (Å²) >= 11 is 0. The normalized spacial score (nSPS) is 17.9. The number of benzene rings is 1. The summed E-state index contributed by atoms with van der Waals surface area (Å²) < 4.78 is 3.28. The summed E-state index contributed by atoms with van der Waals surface area (Å²) in [7, 11) is 0. The Balaban J connectivity index is 1.49. The van der Waals surface area contributed by atoms with Crippen molar-refractivity contribution in [2.24, 2.45) is 11.8 Å². The third-order valence-electron chi connectivity index (χ3n) is 7.26. The molecule has 37 heavy (non-hydrogen) atoms. The van der Waals surface area contributed by atoms with Crippen molar-refractivity contribution in [2.75, 3.05) is 4.90 Å². The number of carbonyl (C=O) groups is 2. The van der Waals surface area contributed by atoms with Crippen LogP contribution in [0.2, 0.25) is 0 Å². The second-order valence-electron chi connectivity index (χ2n) is 10.3. The van der Waals surface area contributed by atoms with Gasteiger partial charge in [-0.15, -0.1) is 5.10 Å². The van der Waals surface area contributed by atoms with Gasteiger partial charge in [-0.1, -0.05) is 13.0 Å². The molecule has 9 heteroatoms. The van der Waals surface area contributed by atoms with Gasteiger partial charge in [0.15, 0.2) is 11.5 Å². The van der Waals surface area contributed by atoms with Gasteiger partial charge >= 0.3 is 5.97 Å². The molecule has 9 nitrogen and oxygen atoms in total. The molecule has 0 radical (unpaired) electrons. The third-order valence-corrected chi connectivity index (χ3v) is 7.26. The zero-order valence-corrected chi connectivity index (χ0v) is 21.6. The molecule has 0 atom stereocenters. The number of carboxylic acids is 1. The average molecular weight is 501 g/mol. The maximum absolute atomic E-state index is 13.6. The predicted molar refractivity (Wildman–Crippen MR) is 141 cm³/mol. The van der Waals surface area contributed by atoms with E-state index in [1.54, 1.807) is 20.3 Å². The third kappa shape index (κ3) is 4.73. The highest BCUT2D eigenvalue weighted by atomic mass is 16.4. The number of rotatable bonds is 6. The number of aryl methyl sites for hydroxylation is 1. The molecule has 1 fully saturated rings. The van der Waals surface area contributed by atoms with Crippen molar-refractivity contribution in [3.05, 3.63) is 60.0 Å². The Hall–Kier alpha value is -4.01. The highest BCUT2D eigenvalue weighted by Gasteiger charge is 2.34. The summed E-state index contributed by atoms with van der Waals surface area (Å²) in [5.41, 5.74) is 4.19. The summed E-state index contributed by atoms with van der Waals surface area (Å²) in [6.07, 6.45) is 8.74. The van der Waals surface area contributed by atoms with E-state index < -0.39 is 5.97 Å². The zero-order valence-electron chi connectivity index (χ0n) is 21.6. The number of anilines is 1. The highest BCUT2D eigenvalue weighted by molar-refractivity contribution is 6.01. The molecule has 1 aliphatic carbocycles. The minimum Gasteiger partial charge on any atom is -0.477 e. The largest absolute Gasteiger partial charge is 0.477 e. The second kappa shape index (κ2) is 9.80. The molecule has 3 heterocycles. The van der Waals surface area contributed by atoms with Gasteiger partial charge in [0.05, 0.1) is 11.4 Å². The average Bonchev–Trinajstić information content (AvgIpc) is 3.49. The molecule has 5 rings (SSSR count). The SMILES string of the molecule is Cc1cc(-n2cc(C(=O)O)c(N(C(=O)C3CCC(C)CC3)C(C)C)n2)ccc1-c1cc2ncccn2n1. The van der Waals surface area contributed by atoms with Gasteiger partial charge in [-0.2, -0.15) is 5.10 Å². The summed E-state index contributed by atoms with van der Waals surface area (Å²) in [5, 5.41) is 19.2. The van der Waals surface area contributed by atoms with E-state index in [2.05, 4.69) is 22.1 Å². The summed E-state index contributed by atoms with van der Waals surface area (Å²) in [6.45, 7) is 7.99. The summed E-state index contributed by atoms with van der Waals surface area (Å²) in [4.78, 5) is 31.7. The van der Waals surface area contributed by atoms with Crippen molar-refractivity contribution in [3.63, 3.8) is 0 Å². The molecule has 3 aromatic heterocycles. The van der Waals surface area contributed by atoms with E-state index in [0.717, 1.165) is 48.2 Å². The number of aromatic carboxylic acids is 1. The number of fused-ring (bicyclic) bond motifs is 1. The van der Waals surface area contributed by atoms with E-state index in [9.17, 15) is 14.7 Å². The van der Waals surface area contributed by atoms with Crippen LogP contribution in [0.4, 0.5) is 5.82 Å². The zero-order chi connectivity index (χ0) is 26.3. The first kappa shape index (κ1) is 24.7. The lowest BCUT2D eigenvalue weighted by Gasteiger charge is -2.32. The maximum atomic E-state index is 13.6. The predicted octanol–water partition coefficient (Wildman–Crippen LogP) is 5.16. The molecular weight excluding hydrogens is 468 g/mol. The minimum absolute atomic E-state index is 0.0133. The van der Waals surface area contributed by atoms with E-state index in [4.69, 9.17) is 0 Å². The number of aromatic nitrogens is 5. The van der Waals surface area contributed by atoms with Crippen LogP contribution in [0.3, 0.4) is 0 Å². The number of nitrogens with zero attached hydrogens (tertiary/aromatic N) is 6. The molecule has 1 N–H and O–H groups in total. The lowest BCUT2D eigenvalue weighted by Crippen LogP contribution is -2.43. The number of carbonyl (C=O) groups excluding carboxylic acids is 1. The van der Waals surface area contributed by atoms with Crippen LogP contribution in [0.15, 0.2) is 48.9 Å². The number of hydrogen-bond acceptors (Lipinski definition) is 5. The first-order valence-corrected chi connectivity index (χ1v) is 12.8. The molecular formula is C28H32N6O3. The Labute approximate surface area is 215 Å². The number of carboxylic acid groups (broad SMARTS) is 1. The van der Waals surface area contributed by atoms with Crippen molar-refractivity contribution in [2.45, 2.75) is 59.4 Å². The smallest absolute Gasteiger partial charge is 0.341 e. The molecule has 1 aromatic carbocycles. The van der Waals surface area contributed by atoms with E-state index in [-0.39, 0.29) is 29.2 Å². The van der Waals surface area contributed by atoms with Crippen LogP contribution in [-0.4, -0.2) is 47.4 Å². The first-order chi connectivity index (χ1) is 17.7. The van der Waals surface area contributed by atoms with Crippen LogP contribution in [-0.2, 0) is 4.79 Å². The van der Waals surface area contributed by atoms with Crippen molar-refractivity contribution in [1.82, 2.24) is 24.4 Å². The number of amides is 1. The van der Waals surface area contributed by atoms with Crippen LogP contribution >= 0.6 is 0 Å². The highest BCUT2D eigenvalue weighted by Crippen LogP contribution is 2.33. The van der Waals surface area contributed by atoms with Crippen molar-refractivity contribution in [1.29, 1.82) is 0 Å². The second-order valence-corrected chi connectivity index (χ2v) is 10.3. The molecule has 0 spiro atoms. The van der Waals surface area contributed by atoms with Crippen molar-refractivity contribution in [3.8, 4) is 16.9 Å². The van der Waals surface area contributed by atoms with Crippen LogP contribution in [0.25, 0.3) is 22.6 Å². The van der Waals surface area contributed by atoms with E-state index in [0.29, 0.717) is 11.6 Å². The fourth-order valence-corrected chi connectivity index (χ4v) is 5.17. The fourth-order valence-electron chi connectivity index (χ4n) is 5.17. The van der Waals surface area contributed by atoms with Gasteiger partial charge in [-0.25, -0.2) is 19.0 Å². The molecule has 192 valence electrons. The van der Waals surface area contributed by atoms with E-state index in [1.165, 1.54) is 6.20 Å². The van der Waals surface area contributed by atoms with Crippen LogP contribution in [0.1, 0.15) is 62.4 Å². The van der Waals surface area contributed by atoms with Crippen molar-refractivity contribution >= 4 is 23.3 Å². The van der Waals surface area contributed by atoms with E-state index >= 15 is 0 Å². The van der Waals surface area contributed by atoms with Crippen LogP contribution in [0.5, 0.6) is 0 Å². The van der Waals surface area contributed by atoms with Crippen LogP contribution < -0.4 is 4.90 Å². The Morgan fingerprint density at radius 1 is 1.11 bits per heavy atom. The van der Waals surface area contributed by atoms with E-state index in [1.807, 2.05) is 57.3 Å². The van der Waals surface area contributed by atoms with Crippen LogP contribution in [0, 0.1) is 18.8 Å². The molecule has 0 unspecified atom stereocenters. The molecule has 1 aliphatic rings. The quantitative estimate of drug-likeness (QED) is 0.392. The standard InChI is InChI=1S/C28H32N6O3/c1-17(2)34(27(35)20-8-6-18(3)7-9-20)26-23(28(36)37)16-33(31-26)21-10-11-22(19(4)14-21)24-15-25-29-12-5-13-32(25)30-24/h5,10-18,20H,6-9H2,1-4H3,(H,36,37). The lowest BCUT2D eigenvalue weighted by atomic mass is 9.82. The summed E-state index contributed by atoms with van der Waals surface area (Å²) in [6, 6.07) is 9.30. The molecule has 0 aliphatic heterocycles. The molecule has 1 saturated carbocycles. The topological polar surface area (TPSA) is 106 Å².